The van der Waals surface area contributed by atoms with Crippen LogP contribution in [-0.4, -0.2) is 35.8 Å². The molecule has 0 bridgehead atoms. The molecular formula is C12H22N2O2. The summed E-state index contributed by atoms with van der Waals surface area (Å²) in [4.78, 5) is 25.2. The van der Waals surface area contributed by atoms with Gasteiger partial charge in [-0.05, 0) is 26.7 Å². The van der Waals surface area contributed by atoms with Crippen molar-refractivity contribution in [2.45, 2.75) is 46.1 Å². The van der Waals surface area contributed by atoms with Gasteiger partial charge >= 0.3 is 0 Å². The van der Waals surface area contributed by atoms with Crippen LogP contribution in [-0.2, 0) is 9.59 Å². The molecule has 1 aliphatic rings. The van der Waals surface area contributed by atoms with Crippen molar-refractivity contribution in [3.63, 3.8) is 0 Å². The van der Waals surface area contributed by atoms with E-state index in [-0.39, 0.29) is 23.8 Å². The summed E-state index contributed by atoms with van der Waals surface area (Å²) in [5, 5.41) is 2.76. The van der Waals surface area contributed by atoms with E-state index < -0.39 is 0 Å². The molecule has 4 nitrogen and oxygen atoms in total. The molecule has 92 valence electrons. The van der Waals surface area contributed by atoms with E-state index in [4.69, 9.17) is 0 Å². The number of nitrogens with zero attached hydrogens (tertiary/aromatic N) is 1. The SMILES string of the molecule is CCC(C)N(CC)C(=O)C1CCC(=O)NC1. The van der Waals surface area contributed by atoms with Crippen molar-refractivity contribution in [2.75, 3.05) is 13.1 Å². The largest absolute Gasteiger partial charge is 0.355 e. The molecule has 16 heavy (non-hydrogen) atoms. The zero-order valence-electron chi connectivity index (χ0n) is 10.5. The predicted molar refractivity (Wildman–Crippen MR) is 62.9 cm³/mol. The van der Waals surface area contributed by atoms with Crippen LogP contribution in [0.1, 0.15) is 40.0 Å². The molecule has 1 aliphatic heterocycles. The third-order valence-electron chi connectivity index (χ3n) is 3.36. The van der Waals surface area contributed by atoms with Crippen molar-refractivity contribution in [1.29, 1.82) is 0 Å². The minimum absolute atomic E-state index is 0.0216. The summed E-state index contributed by atoms with van der Waals surface area (Å²) in [6.45, 7) is 7.42. The summed E-state index contributed by atoms with van der Waals surface area (Å²) in [5.41, 5.74) is 0. The van der Waals surface area contributed by atoms with Crippen LogP contribution in [0.25, 0.3) is 0 Å². The lowest BCUT2D eigenvalue weighted by Crippen LogP contribution is -2.47. The van der Waals surface area contributed by atoms with Crippen LogP contribution in [0.2, 0.25) is 0 Å². The van der Waals surface area contributed by atoms with E-state index in [1.807, 2.05) is 11.8 Å². The van der Waals surface area contributed by atoms with Gasteiger partial charge in [0.2, 0.25) is 11.8 Å². The predicted octanol–water partition coefficient (Wildman–Crippen LogP) is 1.16. The maximum Gasteiger partial charge on any atom is 0.227 e. The van der Waals surface area contributed by atoms with Gasteiger partial charge in [-0.25, -0.2) is 0 Å². The lowest BCUT2D eigenvalue weighted by Gasteiger charge is -2.32. The number of carbonyl (C=O) groups is 2. The van der Waals surface area contributed by atoms with E-state index in [1.165, 1.54) is 0 Å². The Labute approximate surface area is 97.4 Å². The second-order valence-corrected chi connectivity index (χ2v) is 4.42. The molecule has 2 atom stereocenters. The van der Waals surface area contributed by atoms with Crippen LogP contribution < -0.4 is 5.32 Å². The van der Waals surface area contributed by atoms with E-state index in [2.05, 4.69) is 19.2 Å². The molecule has 2 amide bonds. The van der Waals surface area contributed by atoms with E-state index in [9.17, 15) is 9.59 Å². The Morgan fingerprint density at radius 2 is 2.25 bits per heavy atom. The van der Waals surface area contributed by atoms with Gasteiger partial charge in [0.25, 0.3) is 0 Å². The molecule has 0 spiro atoms. The van der Waals surface area contributed by atoms with Gasteiger partial charge in [-0.3, -0.25) is 9.59 Å². The summed E-state index contributed by atoms with van der Waals surface area (Å²) in [5.74, 6) is 0.235. The second-order valence-electron chi connectivity index (χ2n) is 4.42. The second kappa shape index (κ2) is 5.87. The first-order valence-corrected chi connectivity index (χ1v) is 6.17. The third-order valence-corrected chi connectivity index (χ3v) is 3.36. The lowest BCUT2D eigenvalue weighted by molar-refractivity contribution is -0.139. The topological polar surface area (TPSA) is 49.4 Å². The Morgan fingerprint density at radius 1 is 1.56 bits per heavy atom. The van der Waals surface area contributed by atoms with Gasteiger partial charge in [-0.1, -0.05) is 6.92 Å². The van der Waals surface area contributed by atoms with Crippen molar-refractivity contribution in [3.8, 4) is 0 Å². The van der Waals surface area contributed by atoms with Crippen LogP contribution in [0.15, 0.2) is 0 Å². The smallest absolute Gasteiger partial charge is 0.227 e. The van der Waals surface area contributed by atoms with E-state index in [0.717, 1.165) is 13.0 Å². The van der Waals surface area contributed by atoms with Crippen LogP contribution in [0.3, 0.4) is 0 Å². The van der Waals surface area contributed by atoms with Gasteiger partial charge in [-0.2, -0.15) is 0 Å². The standard InChI is InChI=1S/C12H22N2O2/c1-4-9(3)14(5-2)12(16)10-6-7-11(15)13-8-10/h9-10H,4-8H2,1-3H3,(H,13,15). The molecule has 1 N–H and O–H groups in total. The molecule has 0 aromatic rings. The third kappa shape index (κ3) is 2.97. The maximum atomic E-state index is 12.2. The van der Waals surface area contributed by atoms with Gasteiger partial charge < -0.3 is 10.2 Å². The van der Waals surface area contributed by atoms with E-state index in [1.54, 1.807) is 0 Å². The highest BCUT2D eigenvalue weighted by Crippen LogP contribution is 2.16. The first-order valence-electron chi connectivity index (χ1n) is 6.17. The molecular weight excluding hydrogens is 204 g/mol. The molecule has 2 unspecified atom stereocenters. The quantitative estimate of drug-likeness (QED) is 0.782. The average molecular weight is 226 g/mol. The molecule has 0 aromatic heterocycles. The summed E-state index contributed by atoms with van der Waals surface area (Å²) < 4.78 is 0. The molecule has 0 aliphatic carbocycles. The number of nitrogens with one attached hydrogen (secondary N) is 1. The maximum absolute atomic E-state index is 12.2. The summed E-state index contributed by atoms with van der Waals surface area (Å²) in [6.07, 6.45) is 2.14. The Bertz CT molecular complexity index is 256. The van der Waals surface area contributed by atoms with Crippen molar-refractivity contribution < 1.29 is 9.59 Å². The first-order chi connectivity index (χ1) is 7.60. The van der Waals surface area contributed by atoms with Crippen LogP contribution >= 0.6 is 0 Å². The fourth-order valence-corrected chi connectivity index (χ4v) is 2.08. The Morgan fingerprint density at radius 3 is 2.69 bits per heavy atom. The number of carbonyl (C=O) groups excluding carboxylic acids is 2. The van der Waals surface area contributed by atoms with Gasteiger partial charge in [0, 0.05) is 25.6 Å². The average Bonchev–Trinajstić information content (AvgIpc) is 2.30. The van der Waals surface area contributed by atoms with Crippen molar-refractivity contribution in [2.24, 2.45) is 5.92 Å². The number of hydrogen-bond donors (Lipinski definition) is 1. The zero-order valence-corrected chi connectivity index (χ0v) is 10.5. The summed E-state index contributed by atoms with van der Waals surface area (Å²) in [7, 11) is 0. The van der Waals surface area contributed by atoms with Crippen molar-refractivity contribution >= 4 is 11.8 Å². The molecule has 1 saturated heterocycles. The lowest BCUT2D eigenvalue weighted by atomic mass is 9.97. The molecule has 1 rings (SSSR count). The zero-order chi connectivity index (χ0) is 12.1. The summed E-state index contributed by atoms with van der Waals surface area (Å²) in [6, 6.07) is 0.287. The van der Waals surface area contributed by atoms with Gasteiger partial charge in [0.05, 0.1) is 5.92 Å². The fourth-order valence-electron chi connectivity index (χ4n) is 2.08. The van der Waals surface area contributed by atoms with Crippen LogP contribution in [0.5, 0.6) is 0 Å². The molecule has 1 fully saturated rings. The van der Waals surface area contributed by atoms with Gasteiger partial charge in [0.1, 0.15) is 0 Å². The Kier molecular flexibility index (Phi) is 4.77. The van der Waals surface area contributed by atoms with Crippen LogP contribution in [0.4, 0.5) is 0 Å². The molecule has 0 saturated carbocycles. The Hall–Kier alpha value is -1.06. The van der Waals surface area contributed by atoms with E-state index in [0.29, 0.717) is 19.4 Å². The Balaban J connectivity index is 2.57. The summed E-state index contributed by atoms with van der Waals surface area (Å²) >= 11 is 0. The van der Waals surface area contributed by atoms with Crippen molar-refractivity contribution in [1.82, 2.24) is 10.2 Å². The molecule has 1 heterocycles. The fraction of sp³-hybridized carbons (Fsp3) is 0.833. The number of amides is 2. The molecule has 0 radical (unpaired) electrons. The van der Waals surface area contributed by atoms with Gasteiger partial charge in [-0.15, -0.1) is 0 Å². The highest BCUT2D eigenvalue weighted by Gasteiger charge is 2.29. The van der Waals surface area contributed by atoms with Crippen molar-refractivity contribution in [3.05, 3.63) is 0 Å². The van der Waals surface area contributed by atoms with Crippen LogP contribution in [0, 0.1) is 5.92 Å². The molecule has 4 heteroatoms. The highest BCUT2D eigenvalue weighted by molar-refractivity contribution is 5.83. The monoisotopic (exact) mass is 226 g/mol. The van der Waals surface area contributed by atoms with Gasteiger partial charge in [0.15, 0.2) is 0 Å². The minimum atomic E-state index is -0.0216. The number of rotatable bonds is 4. The number of piperidine rings is 1. The highest BCUT2D eigenvalue weighted by atomic mass is 16.2. The first kappa shape index (κ1) is 13.0. The number of hydrogen-bond acceptors (Lipinski definition) is 2. The minimum Gasteiger partial charge on any atom is -0.355 e. The molecule has 0 aromatic carbocycles. The normalized spacial score (nSPS) is 22.4. The van der Waals surface area contributed by atoms with E-state index >= 15 is 0 Å².